The summed E-state index contributed by atoms with van der Waals surface area (Å²) < 4.78 is 38.1. The van der Waals surface area contributed by atoms with Crippen molar-refractivity contribution in [3.63, 3.8) is 0 Å². The van der Waals surface area contributed by atoms with E-state index in [1.165, 1.54) is 0 Å². The molecule has 0 aliphatic carbocycles. The van der Waals surface area contributed by atoms with Crippen LogP contribution in [0.5, 0.6) is 0 Å². The van der Waals surface area contributed by atoms with Crippen molar-refractivity contribution in [1.82, 2.24) is 0 Å². The van der Waals surface area contributed by atoms with Gasteiger partial charge < -0.3 is 24.1 Å². The van der Waals surface area contributed by atoms with Gasteiger partial charge in [-0.05, 0) is 16.7 Å². The third-order valence-corrected chi connectivity index (χ3v) is 5.56. The summed E-state index contributed by atoms with van der Waals surface area (Å²) in [4.78, 5) is 0. The Labute approximate surface area is 193 Å². The highest BCUT2D eigenvalue weighted by molar-refractivity contribution is 5.15. The minimum atomic E-state index is -1.90. The van der Waals surface area contributed by atoms with Crippen molar-refractivity contribution in [2.24, 2.45) is 0 Å². The number of aliphatic hydroxyl groups excluding tert-OH is 1. The van der Waals surface area contributed by atoms with E-state index < -0.39 is 30.8 Å². The Hall–Kier alpha value is -2.61. The van der Waals surface area contributed by atoms with E-state index in [1.807, 2.05) is 91.0 Å². The zero-order valence-electron chi connectivity index (χ0n) is 18.3. The zero-order chi connectivity index (χ0) is 22.9. The van der Waals surface area contributed by atoms with Gasteiger partial charge in [-0.15, -0.1) is 0 Å². The van der Waals surface area contributed by atoms with Gasteiger partial charge in [0.25, 0.3) is 0 Å². The van der Waals surface area contributed by atoms with Gasteiger partial charge in [0.05, 0.1) is 26.4 Å². The van der Waals surface area contributed by atoms with Crippen LogP contribution in [-0.4, -0.2) is 42.5 Å². The van der Waals surface area contributed by atoms with Crippen molar-refractivity contribution in [2.75, 3.05) is 6.61 Å². The monoisotopic (exact) mass is 452 g/mol. The molecule has 3 aromatic rings. The maximum atomic E-state index is 14.6. The molecule has 0 spiro atoms. The van der Waals surface area contributed by atoms with Crippen LogP contribution in [0, 0.1) is 0 Å². The molecule has 1 saturated heterocycles. The van der Waals surface area contributed by atoms with Crippen LogP contribution in [0.3, 0.4) is 0 Å². The molecule has 0 radical (unpaired) electrons. The van der Waals surface area contributed by atoms with E-state index in [0.717, 1.165) is 16.7 Å². The second-order valence-electron chi connectivity index (χ2n) is 8.04. The third-order valence-electron chi connectivity index (χ3n) is 5.56. The summed E-state index contributed by atoms with van der Waals surface area (Å²) in [6.07, 6.45) is -5.74. The normalized spacial score (nSPS) is 25.1. The second-order valence-corrected chi connectivity index (χ2v) is 8.04. The average Bonchev–Trinajstić information content (AvgIpc) is 2.86. The van der Waals surface area contributed by atoms with E-state index in [0.29, 0.717) is 6.61 Å². The van der Waals surface area contributed by atoms with Crippen LogP contribution in [0.1, 0.15) is 16.7 Å². The molecule has 0 saturated carbocycles. The highest BCUT2D eigenvalue weighted by Gasteiger charge is 2.47. The van der Waals surface area contributed by atoms with Crippen molar-refractivity contribution < 1.29 is 28.4 Å². The Balaban J connectivity index is 1.46. The van der Waals surface area contributed by atoms with E-state index in [4.69, 9.17) is 18.9 Å². The van der Waals surface area contributed by atoms with Gasteiger partial charge in [-0.3, -0.25) is 0 Å². The predicted octanol–water partition coefficient (Wildman–Crippen LogP) is 4.43. The molecular weight excluding hydrogens is 423 g/mol. The van der Waals surface area contributed by atoms with Crippen LogP contribution in [0.25, 0.3) is 0 Å². The van der Waals surface area contributed by atoms with Gasteiger partial charge in [-0.2, -0.15) is 0 Å². The van der Waals surface area contributed by atoms with Gasteiger partial charge in [-0.25, -0.2) is 4.39 Å². The molecule has 1 N–H and O–H groups in total. The van der Waals surface area contributed by atoms with Gasteiger partial charge in [0.15, 0.2) is 0 Å². The van der Waals surface area contributed by atoms with E-state index in [2.05, 4.69) is 0 Å². The van der Waals surface area contributed by atoms with Crippen LogP contribution in [0.15, 0.2) is 91.0 Å². The van der Waals surface area contributed by atoms with Crippen LogP contribution < -0.4 is 0 Å². The first-order valence-electron chi connectivity index (χ1n) is 11.1. The van der Waals surface area contributed by atoms with Crippen molar-refractivity contribution >= 4 is 0 Å². The number of benzene rings is 3. The zero-order valence-corrected chi connectivity index (χ0v) is 18.3. The fourth-order valence-electron chi connectivity index (χ4n) is 3.81. The van der Waals surface area contributed by atoms with Gasteiger partial charge in [0, 0.05) is 0 Å². The van der Waals surface area contributed by atoms with E-state index in [9.17, 15) is 9.50 Å². The summed E-state index contributed by atoms with van der Waals surface area (Å²) in [5, 5.41) is 10.6. The number of hydrogen-bond acceptors (Lipinski definition) is 5. The fraction of sp³-hybridized carbons (Fsp3) is 0.333. The predicted molar refractivity (Wildman–Crippen MR) is 122 cm³/mol. The highest BCUT2D eigenvalue weighted by atomic mass is 19.1. The van der Waals surface area contributed by atoms with E-state index in [1.54, 1.807) is 0 Å². The Morgan fingerprint density at radius 3 is 1.64 bits per heavy atom. The topological polar surface area (TPSA) is 57.2 Å². The van der Waals surface area contributed by atoms with Crippen LogP contribution >= 0.6 is 0 Å². The van der Waals surface area contributed by atoms with Crippen molar-refractivity contribution in [2.45, 2.75) is 50.6 Å². The molecule has 174 valence electrons. The molecule has 1 aliphatic rings. The Morgan fingerprint density at radius 2 is 1.12 bits per heavy atom. The first-order valence-corrected chi connectivity index (χ1v) is 11.1. The van der Waals surface area contributed by atoms with Crippen molar-refractivity contribution in [3.05, 3.63) is 108 Å². The lowest BCUT2D eigenvalue weighted by Crippen LogP contribution is -2.59. The Kier molecular flexibility index (Phi) is 8.58. The number of ether oxygens (including phenoxy) is 4. The molecule has 1 fully saturated rings. The largest absolute Gasteiger partial charge is 0.385 e. The summed E-state index contributed by atoms with van der Waals surface area (Å²) in [5.74, 6) is 0. The SMILES string of the molecule is O[C@@H]1[C@@H](OCc2ccccc2)[C@H](OCc2ccccc2)[C@@H](COCc2ccccc2)O[C@@H]1F. The number of alkyl halides is 1. The van der Waals surface area contributed by atoms with Crippen molar-refractivity contribution in [3.8, 4) is 0 Å². The summed E-state index contributed by atoms with van der Waals surface area (Å²) >= 11 is 0. The molecule has 0 unspecified atom stereocenters. The molecule has 4 rings (SSSR count). The molecule has 5 nitrogen and oxygen atoms in total. The first-order chi connectivity index (χ1) is 16.2. The van der Waals surface area contributed by atoms with Gasteiger partial charge in [0.2, 0.25) is 6.36 Å². The summed E-state index contributed by atoms with van der Waals surface area (Å²) in [5.41, 5.74) is 2.88. The highest BCUT2D eigenvalue weighted by Crippen LogP contribution is 2.29. The minimum Gasteiger partial charge on any atom is -0.385 e. The molecule has 5 atom stereocenters. The lowest BCUT2D eigenvalue weighted by Gasteiger charge is -2.42. The maximum absolute atomic E-state index is 14.6. The van der Waals surface area contributed by atoms with E-state index in [-0.39, 0.29) is 19.8 Å². The van der Waals surface area contributed by atoms with Gasteiger partial charge in [-0.1, -0.05) is 91.0 Å². The lowest BCUT2D eigenvalue weighted by molar-refractivity contribution is -0.288. The van der Waals surface area contributed by atoms with Crippen LogP contribution in [-0.2, 0) is 38.8 Å². The Bertz CT molecular complexity index is 941. The quantitative estimate of drug-likeness (QED) is 0.493. The maximum Gasteiger partial charge on any atom is 0.228 e. The second kappa shape index (κ2) is 12.0. The molecular formula is C27H29FO5. The number of aliphatic hydroxyl groups is 1. The molecule has 0 bridgehead atoms. The molecule has 3 aromatic carbocycles. The molecule has 33 heavy (non-hydrogen) atoms. The summed E-state index contributed by atoms with van der Waals surface area (Å²) in [7, 11) is 0. The first kappa shape index (κ1) is 23.5. The minimum absolute atomic E-state index is 0.104. The van der Waals surface area contributed by atoms with Gasteiger partial charge in [0.1, 0.15) is 24.4 Å². The smallest absolute Gasteiger partial charge is 0.228 e. The number of halogens is 1. The van der Waals surface area contributed by atoms with Crippen molar-refractivity contribution in [1.29, 1.82) is 0 Å². The molecule has 0 aromatic heterocycles. The third kappa shape index (κ3) is 6.69. The summed E-state index contributed by atoms with van der Waals surface area (Å²) in [6, 6.07) is 28.9. The average molecular weight is 453 g/mol. The standard InChI is InChI=1S/C27H29FO5/c28-27-24(29)26(32-18-22-14-8-3-9-15-22)25(31-17-21-12-6-2-7-13-21)23(33-27)19-30-16-20-10-4-1-5-11-20/h1-15,23-27,29H,16-19H2/t23-,24-,25-,26-,27+/m1/s1. The van der Waals surface area contributed by atoms with E-state index >= 15 is 0 Å². The number of rotatable bonds is 10. The molecule has 1 heterocycles. The van der Waals surface area contributed by atoms with Gasteiger partial charge >= 0.3 is 0 Å². The summed E-state index contributed by atoms with van der Waals surface area (Å²) in [6.45, 7) is 0.963. The molecule has 6 heteroatoms. The number of hydrogen-bond donors (Lipinski definition) is 1. The van der Waals surface area contributed by atoms with Crippen LogP contribution in [0.4, 0.5) is 4.39 Å². The molecule has 1 aliphatic heterocycles. The fourth-order valence-corrected chi connectivity index (χ4v) is 3.81. The Morgan fingerprint density at radius 1 is 0.667 bits per heavy atom. The van der Waals surface area contributed by atoms with Crippen LogP contribution in [0.2, 0.25) is 0 Å². The molecule has 0 amide bonds. The lowest BCUT2D eigenvalue weighted by atomic mass is 9.98.